The Bertz CT molecular complexity index is 1250. The first-order valence-electron chi connectivity index (χ1n) is 19.3. The maximum absolute atomic E-state index is 13.8. The van der Waals surface area contributed by atoms with Crippen LogP contribution < -0.4 is 21.3 Å². The molecule has 0 aromatic heterocycles. The third kappa shape index (κ3) is 25.8. The summed E-state index contributed by atoms with van der Waals surface area (Å²) in [7, 11) is 0. The summed E-state index contributed by atoms with van der Waals surface area (Å²) in [4.78, 5) is 52.9. The Balaban J connectivity index is 2.99. The lowest BCUT2D eigenvalue weighted by molar-refractivity contribution is -0.134. The van der Waals surface area contributed by atoms with Crippen molar-refractivity contribution in [1.82, 2.24) is 21.3 Å². The highest BCUT2D eigenvalue weighted by atomic mass is 32.7. The second-order valence-corrected chi connectivity index (χ2v) is 17.5. The lowest BCUT2D eigenvalue weighted by atomic mass is 9.78. The van der Waals surface area contributed by atoms with E-state index in [1.165, 1.54) is 0 Å². The van der Waals surface area contributed by atoms with Crippen LogP contribution in [0.5, 0.6) is 0 Å². The fraction of sp³-hybridized carbons (Fsp3) is 0.744. The van der Waals surface area contributed by atoms with Crippen molar-refractivity contribution in [2.75, 3.05) is 98.9 Å². The van der Waals surface area contributed by atoms with Crippen molar-refractivity contribution in [3.05, 3.63) is 0 Å². The second-order valence-electron chi connectivity index (χ2n) is 13.5. The molecule has 0 aliphatic heterocycles. The third-order valence-electron chi connectivity index (χ3n) is 8.68. The SMILES string of the molecule is C#CCOCCOCCNC(=O)CCC(CCC(=O)NCCOCCOCC#C)(CCC(=O)NCCOCCOCC#C)NC(=O)[C@H]1C[C@H](OP(=O)(S)C(C)C)C1. The van der Waals surface area contributed by atoms with Crippen LogP contribution in [-0.4, -0.2) is 140 Å². The molecule has 0 saturated heterocycles. The van der Waals surface area contributed by atoms with Crippen LogP contribution in [0.2, 0.25) is 0 Å². The van der Waals surface area contributed by atoms with Crippen molar-refractivity contribution in [2.45, 2.75) is 82.5 Å². The normalized spacial score (nSPS) is 15.9. The number of ether oxygens (including phenoxy) is 6. The summed E-state index contributed by atoms with van der Waals surface area (Å²) in [5.41, 5.74) is -1.41. The minimum Gasteiger partial charge on any atom is -0.377 e. The Morgan fingerprint density at radius 1 is 0.649 bits per heavy atom. The molecule has 57 heavy (non-hydrogen) atoms. The Hall–Kier alpha value is -3.14. The summed E-state index contributed by atoms with van der Waals surface area (Å²) in [5, 5.41) is 11.6. The summed E-state index contributed by atoms with van der Waals surface area (Å²) in [6.07, 6.45) is 16.1. The number of carbonyl (C=O) groups excluding carboxylic acids is 4. The lowest BCUT2D eigenvalue weighted by Crippen LogP contribution is -2.54. The number of carbonyl (C=O) groups is 4. The smallest absolute Gasteiger partial charge is 0.257 e. The summed E-state index contributed by atoms with van der Waals surface area (Å²) in [6, 6.07) is 0. The van der Waals surface area contributed by atoms with E-state index in [2.05, 4.69) is 51.3 Å². The fourth-order valence-electron chi connectivity index (χ4n) is 5.29. The molecule has 0 aromatic rings. The van der Waals surface area contributed by atoms with Crippen LogP contribution in [0.4, 0.5) is 0 Å². The molecule has 0 spiro atoms. The molecule has 322 valence electrons. The molecule has 0 heterocycles. The molecule has 1 atom stereocenters. The van der Waals surface area contributed by atoms with E-state index in [4.69, 9.17) is 52.2 Å². The maximum Gasteiger partial charge on any atom is 0.257 e. The lowest BCUT2D eigenvalue weighted by Gasteiger charge is -2.40. The molecule has 0 aromatic carbocycles. The van der Waals surface area contributed by atoms with Crippen LogP contribution in [-0.2, 0) is 56.7 Å². The molecule has 16 nitrogen and oxygen atoms in total. The van der Waals surface area contributed by atoms with Crippen LogP contribution in [0.25, 0.3) is 0 Å². The molecule has 1 unspecified atom stereocenters. The van der Waals surface area contributed by atoms with Crippen molar-refractivity contribution in [3.8, 4) is 37.0 Å². The Morgan fingerprint density at radius 2 is 1.00 bits per heavy atom. The number of hydrogen-bond donors (Lipinski definition) is 5. The number of nitrogens with one attached hydrogen (secondary N) is 4. The average molecular weight is 843 g/mol. The summed E-state index contributed by atoms with van der Waals surface area (Å²) in [5.74, 6) is 5.45. The van der Waals surface area contributed by atoms with Crippen molar-refractivity contribution < 1.29 is 56.7 Å². The Kier molecular flexibility index (Phi) is 28.9. The van der Waals surface area contributed by atoms with Gasteiger partial charge in [0.15, 0.2) is 0 Å². The van der Waals surface area contributed by atoms with Gasteiger partial charge in [-0.3, -0.25) is 23.7 Å². The minimum absolute atomic E-state index is 0.00635. The highest BCUT2D eigenvalue weighted by molar-refractivity contribution is 8.46. The number of amides is 4. The molecular formula is C39H63N4O12PS. The Labute approximate surface area is 344 Å². The van der Waals surface area contributed by atoms with Gasteiger partial charge in [0, 0.05) is 56.0 Å². The van der Waals surface area contributed by atoms with E-state index >= 15 is 0 Å². The molecule has 0 radical (unpaired) electrons. The molecule has 4 amide bonds. The van der Waals surface area contributed by atoms with Gasteiger partial charge in [-0.1, -0.05) is 43.9 Å². The van der Waals surface area contributed by atoms with Crippen molar-refractivity contribution in [1.29, 1.82) is 0 Å². The Morgan fingerprint density at radius 3 is 1.33 bits per heavy atom. The first-order chi connectivity index (χ1) is 27.4. The standard InChI is InChI=1S/C39H63N4O12PS/c1-6-18-49-24-27-52-21-15-40-35(44)9-12-39(13-10-36(45)41-16-22-53-28-25-50-19-7-2,14-11-37(46)42-17-23-54-29-26-51-20-8-3)43-38(47)33-30-34(31-33)55-56(48,57)32(4)5/h1-3,32-34H,9-31H2,4-5H3,(H,40,44)(H,41,45)(H,42,46)(H,43,47)(H,48,57)/t33-,34-,56?. The van der Waals surface area contributed by atoms with Gasteiger partial charge in [0.2, 0.25) is 23.6 Å². The molecule has 1 rings (SSSR count). The summed E-state index contributed by atoms with van der Waals surface area (Å²) < 4.78 is 50.3. The van der Waals surface area contributed by atoms with Crippen molar-refractivity contribution >= 4 is 42.4 Å². The predicted octanol–water partition coefficient (Wildman–Crippen LogP) is 1.86. The van der Waals surface area contributed by atoms with E-state index in [-0.39, 0.29) is 127 Å². The highest BCUT2D eigenvalue weighted by Crippen LogP contribution is 2.59. The van der Waals surface area contributed by atoms with E-state index in [1.807, 2.05) is 0 Å². The zero-order valence-electron chi connectivity index (χ0n) is 33.5. The topological polar surface area (TPSA) is 198 Å². The molecule has 1 fully saturated rings. The minimum atomic E-state index is -3.15. The van der Waals surface area contributed by atoms with Gasteiger partial charge in [-0.25, -0.2) is 0 Å². The van der Waals surface area contributed by atoms with Crippen LogP contribution in [0.15, 0.2) is 0 Å². The fourth-order valence-corrected chi connectivity index (χ4v) is 6.53. The number of rotatable bonds is 35. The second kappa shape index (κ2) is 31.8. The van der Waals surface area contributed by atoms with Crippen LogP contribution >= 0.6 is 18.8 Å². The molecule has 1 saturated carbocycles. The average Bonchev–Trinajstić information content (AvgIpc) is 3.16. The zero-order chi connectivity index (χ0) is 42.2. The maximum atomic E-state index is 13.8. The molecule has 4 N–H and O–H groups in total. The molecular weight excluding hydrogens is 779 g/mol. The van der Waals surface area contributed by atoms with Gasteiger partial charge in [0.05, 0.1) is 65.6 Å². The van der Waals surface area contributed by atoms with Crippen LogP contribution in [0.1, 0.15) is 65.2 Å². The number of hydrogen-bond acceptors (Lipinski definition) is 12. The quantitative estimate of drug-likeness (QED) is 0.0269. The van der Waals surface area contributed by atoms with E-state index in [0.29, 0.717) is 52.5 Å². The highest BCUT2D eigenvalue weighted by Gasteiger charge is 2.42. The number of thiol groups is 1. The molecule has 1 aliphatic carbocycles. The zero-order valence-corrected chi connectivity index (χ0v) is 35.3. The summed E-state index contributed by atoms with van der Waals surface area (Å²) in [6.45, 7) is 4.29. The van der Waals surface area contributed by atoms with E-state index < -0.39 is 24.1 Å². The van der Waals surface area contributed by atoms with Gasteiger partial charge in [-0.2, -0.15) is 0 Å². The first kappa shape index (κ1) is 51.9. The van der Waals surface area contributed by atoms with Gasteiger partial charge in [-0.05, 0) is 32.1 Å². The molecule has 0 bridgehead atoms. The summed E-state index contributed by atoms with van der Waals surface area (Å²) >= 11 is 4.22. The monoisotopic (exact) mass is 842 g/mol. The van der Waals surface area contributed by atoms with Crippen molar-refractivity contribution in [2.24, 2.45) is 5.92 Å². The van der Waals surface area contributed by atoms with Gasteiger partial charge in [-0.15, -0.1) is 19.3 Å². The largest absolute Gasteiger partial charge is 0.377 e. The molecule has 18 heteroatoms. The van der Waals surface area contributed by atoms with Crippen LogP contribution in [0.3, 0.4) is 0 Å². The first-order valence-corrected chi connectivity index (χ1v) is 22.1. The predicted molar refractivity (Wildman–Crippen MR) is 218 cm³/mol. The van der Waals surface area contributed by atoms with Gasteiger partial charge in [0.25, 0.3) is 6.57 Å². The van der Waals surface area contributed by atoms with Crippen molar-refractivity contribution in [3.63, 3.8) is 0 Å². The molecule has 1 aliphatic rings. The van der Waals surface area contributed by atoms with E-state index in [9.17, 15) is 23.7 Å². The van der Waals surface area contributed by atoms with E-state index in [1.54, 1.807) is 13.8 Å². The van der Waals surface area contributed by atoms with Crippen LogP contribution in [0, 0.1) is 42.9 Å². The van der Waals surface area contributed by atoms with Gasteiger partial charge < -0.3 is 54.2 Å². The third-order valence-corrected chi connectivity index (χ3v) is 12.3. The number of terminal acetylenes is 3. The van der Waals surface area contributed by atoms with Gasteiger partial charge >= 0.3 is 0 Å². The van der Waals surface area contributed by atoms with Gasteiger partial charge in [0.1, 0.15) is 19.8 Å². The van der Waals surface area contributed by atoms with E-state index in [0.717, 1.165) is 0 Å².